The van der Waals surface area contributed by atoms with Gasteiger partial charge in [-0.05, 0) is 49.7 Å². The van der Waals surface area contributed by atoms with Crippen LogP contribution in [0.5, 0.6) is 0 Å². The molecular formula is C21H32O4. The van der Waals surface area contributed by atoms with E-state index in [1.54, 1.807) is 0 Å². The molecule has 0 spiro atoms. The van der Waals surface area contributed by atoms with Gasteiger partial charge < -0.3 is 18.9 Å². The minimum absolute atomic E-state index is 0.0261. The molecule has 3 aliphatic rings. The van der Waals surface area contributed by atoms with E-state index in [4.69, 9.17) is 18.9 Å². The van der Waals surface area contributed by atoms with Gasteiger partial charge in [0.05, 0.1) is 13.2 Å². The van der Waals surface area contributed by atoms with Gasteiger partial charge >= 0.3 is 0 Å². The van der Waals surface area contributed by atoms with Gasteiger partial charge in [0, 0.05) is 18.6 Å². The van der Waals surface area contributed by atoms with Crippen LogP contribution < -0.4 is 0 Å². The third-order valence-corrected chi connectivity index (χ3v) is 4.77. The Balaban J connectivity index is 1.52. The minimum Gasteiger partial charge on any atom is -0.353 e. The molecule has 2 saturated heterocycles. The summed E-state index contributed by atoms with van der Waals surface area (Å²) in [6, 6.07) is 0. The van der Waals surface area contributed by atoms with Gasteiger partial charge in [0.25, 0.3) is 0 Å². The molecule has 0 N–H and O–H groups in total. The van der Waals surface area contributed by atoms with Crippen LogP contribution in [0.1, 0.15) is 52.4 Å². The van der Waals surface area contributed by atoms with Crippen LogP contribution >= 0.6 is 0 Å². The molecule has 2 atom stereocenters. The van der Waals surface area contributed by atoms with Gasteiger partial charge in [0.15, 0.2) is 12.6 Å². The number of hydrogen-bond donors (Lipinski definition) is 0. The average Bonchev–Trinajstić information content (AvgIpc) is 2.77. The minimum atomic E-state index is -0.0476. The van der Waals surface area contributed by atoms with Gasteiger partial charge in [0.2, 0.25) is 0 Å². The fourth-order valence-electron chi connectivity index (χ4n) is 3.55. The van der Waals surface area contributed by atoms with Gasteiger partial charge in [0.1, 0.15) is 0 Å². The highest BCUT2D eigenvalue weighted by Crippen LogP contribution is 2.28. The maximum Gasteiger partial charge on any atom is 0.158 e. The summed E-state index contributed by atoms with van der Waals surface area (Å²) in [4.78, 5) is 0. The van der Waals surface area contributed by atoms with Crippen LogP contribution in [0, 0.1) is 5.41 Å². The molecule has 3 rings (SSSR count). The van der Waals surface area contributed by atoms with Gasteiger partial charge in [-0.25, -0.2) is 0 Å². The van der Waals surface area contributed by atoms with Crippen molar-refractivity contribution in [2.45, 2.75) is 65.0 Å². The van der Waals surface area contributed by atoms with E-state index in [0.717, 1.165) is 38.9 Å². The van der Waals surface area contributed by atoms with E-state index in [1.807, 2.05) is 0 Å². The van der Waals surface area contributed by atoms with Crippen molar-refractivity contribution in [1.29, 1.82) is 0 Å². The highest BCUT2D eigenvalue weighted by molar-refractivity contribution is 5.36. The summed E-state index contributed by atoms with van der Waals surface area (Å²) >= 11 is 0. The average molecular weight is 348 g/mol. The molecule has 0 aromatic heterocycles. The van der Waals surface area contributed by atoms with Gasteiger partial charge in [-0.1, -0.05) is 38.2 Å². The van der Waals surface area contributed by atoms with Crippen LogP contribution in [0.2, 0.25) is 0 Å². The van der Waals surface area contributed by atoms with Gasteiger partial charge in [-0.15, -0.1) is 0 Å². The molecule has 0 bridgehead atoms. The molecule has 0 amide bonds. The van der Waals surface area contributed by atoms with E-state index >= 15 is 0 Å². The molecule has 1 aliphatic carbocycles. The zero-order chi connectivity index (χ0) is 17.5. The summed E-state index contributed by atoms with van der Waals surface area (Å²) in [6.07, 6.45) is 15.4. The van der Waals surface area contributed by atoms with Crippen LogP contribution in [0.15, 0.2) is 35.5 Å². The standard InChI is InChI=1S/C21H32O4/c1-21(2)13-17(15-24-19-7-3-5-11-22-19)9-10-18(14-21)16-25-20-8-4-6-12-23-20/h9-10,13-14,19-20H,3-8,11-12,15-16H2,1-2H3. The largest absolute Gasteiger partial charge is 0.353 e. The lowest BCUT2D eigenvalue weighted by Crippen LogP contribution is -2.23. The Morgan fingerprint density at radius 2 is 1.32 bits per heavy atom. The van der Waals surface area contributed by atoms with Crippen molar-refractivity contribution in [3.05, 3.63) is 35.5 Å². The number of allylic oxidation sites excluding steroid dienone is 2. The first-order valence-corrected chi connectivity index (χ1v) is 9.69. The third kappa shape index (κ3) is 6.37. The second kappa shape index (κ2) is 9.13. The van der Waals surface area contributed by atoms with E-state index in [2.05, 4.69) is 38.2 Å². The van der Waals surface area contributed by atoms with Crippen LogP contribution in [0.25, 0.3) is 0 Å². The molecule has 0 aromatic carbocycles. The van der Waals surface area contributed by atoms with E-state index in [-0.39, 0.29) is 18.0 Å². The predicted molar refractivity (Wildman–Crippen MR) is 98.2 cm³/mol. The summed E-state index contributed by atoms with van der Waals surface area (Å²) < 4.78 is 23.2. The summed E-state index contributed by atoms with van der Waals surface area (Å²) in [7, 11) is 0. The van der Waals surface area contributed by atoms with Crippen molar-refractivity contribution in [2.75, 3.05) is 26.4 Å². The van der Waals surface area contributed by atoms with Crippen molar-refractivity contribution >= 4 is 0 Å². The highest BCUT2D eigenvalue weighted by atomic mass is 16.7. The third-order valence-electron chi connectivity index (χ3n) is 4.77. The number of rotatable bonds is 6. The Bertz CT molecular complexity index is 462. The van der Waals surface area contributed by atoms with E-state index < -0.39 is 0 Å². The molecule has 2 unspecified atom stereocenters. The summed E-state index contributed by atoms with van der Waals surface area (Å²) in [5.41, 5.74) is 2.36. The molecule has 2 heterocycles. The smallest absolute Gasteiger partial charge is 0.158 e. The van der Waals surface area contributed by atoms with Crippen LogP contribution in [0.3, 0.4) is 0 Å². The zero-order valence-corrected chi connectivity index (χ0v) is 15.7. The molecule has 140 valence electrons. The van der Waals surface area contributed by atoms with Crippen molar-refractivity contribution in [1.82, 2.24) is 0 Å². The summed E-state index contributed by atoms with van der Waals surface area (Å²) in [6.45, 7) is 7.26. The molecule has 25 heavy (non-hydrogen) atoms. The van der Waals surface area contributed by atoms with Crippen molar-refractivity contribution in [3.8, 4) is 0 Å². The van der Waals surface area contributed by atoms with Crippen molar-refractivity contribution in [3.63, 3.8) is 0 Å². The van der Waals surface area contributed by atoms with E-state index in [9.17, 15) is 0 Å². The topological polar surface area (TPSA) is 36.9 Å². The maximum atomic E-state index is 5.95. The van der Waals surface area contributed by atoms with Crippen LogP contribution in [0.4, 0.5) is 0 Å². The number of ether oxygens (including phenoxy) is 4. The summed E-state index contributed by atoms with van der Waals surface area (Å²) in [5.74, 6) is 0. The predicted octanol–water partition coefficient (Wildman–Crippen LogP) is 4.52. The molecule has 2 aliphatic heterocycles. The summed E-state index contributed by atoms with van der Waals surface area (Å²) in [5, 5.41) is 0. The fourth-order valence-corrected chi connectivity index (χ4v) is 3.55. The van der Waals surface area contributed by atoms with Gasteiger partial charge in [-0.2, -0.15) is 0 Å². The van der Waals surface area contributed by atoms with Crippen molar-refractivity contribution in [2.24, 2.45) is 5.41 Å². The van der Waals surface area contributed by atoms with E-state index in [1.165, 1.54) is 24.0 Å². The second-order valence-corrected chi connectivity index (χ2v) is 7.81. The molecule has 0 radical (unpaired) electrons. The molecule has 4 nitrogen and oxygen atoms in total. The lowest BCUT2D eigenvalue weighted by molar-refractivity contribution is -0.156. The fraction of sp³-hybridized carbons (Fsp3) is 0.714. The molecule has 0 saturated carbocycles. The van der Waals surface area contributed by atoms with Gasteiger partial charge in [-0.3, -0.25) is 0 Å². The Kier molecular flexibility index (Phi) is 6.88. The Labute approximate surface area is 151 Å². The Hall–Kier alpha value is -0.940. The first kappa shape index (κ1) is 18.8. The molecule has 4 heteroatoms. The molecule has 0 aromatic rings. The van der Waals surface area contributed by atoms with Crippen molar-refractivity contribution < 1.29 is 18.9 Å². The molecular weight excluding hydrogens is 316 g/mol. The second-order valence-electron chi connectivity index (χ2n) is 7.81. The number of hydrogen-bond acceptors (Lipinski definition) is 4. The zero-order valence-electron chi connectivity index (χ0n) is 15.7. The van der Waals surface area contributed by atoms with Crippen LogP contribution in [-0.4, -0.2) is 39.0 Å². The SMILES string of the molecule is CC1(C)C=C(COC2CCCCO2)C=CC(COC2CCCCO2)=C1. The van der Waals surface area contributed by atoms with Crippen LogP contribution in [-0.2, 0) is 18.9 Å². The maximum absolute atomic E-state index is 5.95. The quantitative estimate of drug-likeness (QED) is 0.707. The Morgan fingerprint density at radius 1 is 0.840 bits per heavy atom. The first-order valence-electron chi connectivity index (χ1n) is 9.69. The lowest BCUT2D eigenvalue weighted by atomic mass is 9.90. The monoisotopic (exact) mass is 348 g/mol. The van der Waals surface area contributed by atoms with E-state index in [0.29, 0.717) is 13.2 Å². The molecule has 2 fully saturated rings. The highest BCUT2D eigenvalue weighted by Gasteiger charge is 2.20. The lowest BCUT2D eigenvalue weighted by Gasteiger charge is -2.24. The Morgan fingerprint density at radius 3 is 1.72 bits per heavy atom. The first-order chi connectivity index (χ1) is 12.1. The normalized spacial score (nSPS) is 29.7.